The van der Waals surface area contributed by atoms with Gasteiger partial charge in [-0.1, -0.05) is 0 Å². The molecule has 0 bridgehead atoms. The van der Waals surface area contributed by atoms with Gasteiger partial charge in [0.2, 0.25) is 0 Å². The second-order valence-electron chi connectivity index (χ2n) is 9.20. The van der Waals surface area contributed by atoms with Crippen molar-refractivity contribution in [2.24, 2.45) is 17.2 Å². The van der Waals surface area contributed by atoms with Gasteiger partial charge < -0.3 is 67.2 Å². The first kappa shape index (κ1) is 27.1. The molecular weight excluding hydrogens is 438 g/mol. The lowest BCUT2D eigenvalue weighted by atomic mass is 9.84. The molecule has 1 saturated carbocycles. The van der Waals surface area contributed by atoms with Crippen LogP contribution in [0.5, 0.6) is 0 Å². The van der Waals surface area contributed by atoms with Gasteiger partial charge in [-0.15, -0.1) is 0 Å². The number of aliphatic hydroxyl groups is 4. The average Bonchev–Trinajstić information content (AvgIpc) is 2.78. The van der Waals surface area contributed by atoms with E-state index in [1.165, 1.54) is 0 Å². The van der Waals surface area contributed by atoms with E-state index >= 15 is 0 Å². The van der Waals surface area contributed by atoms with Crippen LogP contribution in [0.3, 0.4) is 0 Å². The second kappa shape index (κ2) is 11.9. The van der Waals surface area contributed by atoms with Gasteiger partial charge in [-0.05, 0) is 33.4 Å². The van der Waals surface area contributed by atoms with Crippen LogP contribution in [0, 0.1) is 0 Å². The third kappa shape index (κ3) is 6.01. The van der Waals surface area contributed by atoms with Crippen molar-refractivity contribution in [3.05, 3.63) is 0 Å². The summed E-state index contributed by atoms with van der Waals surface area (Å²) >= 11 is 0. The number of hydrogen-bond acceptors (Lipinski definition) is 13. The molecule has 3 fully saturated rings. The van der Waals surface area contributed by atoms with Crippen molar-refractivity contribution < 1.29 is 39.4 Å². The van der Waals surface area contributed by atoms with E-state index in [4.69, 9.17) is 36.1 Å². The number of likely N-dealkylation sites (N-methyl/N-ethyl adjacent to an activating group) is 2. The molecule has 2 saturated heterocycles. The number of hydrogen-bond donors (Lipinski definition) is 9. The summed E-state index contributed by atoms with van der Waals surface area (Å²) in [4.78, 5) is 0. The molecule has 12 N–H and O–H groups in total. The van der Waals surface area contributed by atoms with Gasteiger partial charge in [0, 0.05) is 18.6 Å². The summed E-state index contributed by atoms with van der Waals surface area (Å²) < 4.78 is 23.5. The number of ether oxygens (including phenoxy) is 4. The Hall–Kier alpha value is -0.520. The molecule has 3 rings (SSSR count). The van der Waals surface area contributed by atoms with Gasteiger partial charge in [-0.2, -0.15) is 0 Å². The smallest absolute Gasteiger partial charge is 0.186 e. The van der Waals surface area contributed by atoms with E-state index in [1.807, 2.05) is 7.05 Å². The fourth-order valence-electron chi connectivity index (χ4n) is 4.87. The minimum absolute atomic E-state index is 0.0721. The van der Waals surface area contributed by atoms with Gasteiger partial charge in [-0.3, -0.25) is 0 Å². The highest BCUT2D eigenvalue weighted by Crippen LogP contribution is 2.31. The number of aliphatic hydroxyl groups excluding tert-OH is 4. The van der Waals surface area contributed by atoms with Crippen molar-refractivity contribution in [1.82, 2.24) is 10.6 Å². The molecule has 2 aliphatic heterocycles. The van der Waals surface area contributed by atoms with E-state index in [0.717, 1.165) is 6.42 Å². The first-order valence-corrected chi connectivity index (χ1v) is 11.6. The molecule has 33 heavy (non-hydrogen) atoms. The quantitative estimate of drug-likeness (QED) is 0.160. The largest absolute Gasteiger partial charge is 0.394 e. The van der Waals surface area contributed by atoms with Gasteiger partial charge >= 0.3 is 0 Å². The van der Waals surface area contributed by atoms with Gasteiger partial charge in [0.1, 0.15) is 36.6 Å². The fourth-order valence-corrected chi connectivity index (χ4v) is 4.87. The lowest BCUT2D eigenvalue weighted by Crippen LogP contribution is -2.68. The summed E-state index contributed by atoms with van der Waals surface area (Å²) in [7, 11) is 3.39. The molecule has 1 aliphatic carbocycles. The number of nitrogens with one attached hydrogen (secondary N) is 2. The molecule has 2 heterocycles. The predicted octanol–water partition coefficient (Wildman–Crippen LogP) is -4.75. The van der Waals surface area contributed by atoms with E-state index in [9.17, 15) is 20.4 Å². The maximum absolute atomic E-state index is 11.1. The van der Waals surface area contributed by atoms with Crippen LogP contribution in [0.2, 0.25) is 0 Å². The first-order valence-electron chi connectivity index (χ1n) is 11.6. The lowest BCUT2D eigenvalue weighted by Gasteiger charge is -2.48. The van der Waals surface area contributed by atoms with Crippen molar-refractivity contribution in [3.8, 4) is 0 Å². The molecule has 13 atom stereocenters. The van der Waals surface area contributed by atoms with Crippen LogP contribution in [0.25, 0.3) is 0 Å². The highest BCUT2D eigenvalue weighted by atomic mass is 16.7. The van der Waals surface area contributed by atoms with Gasteiger partial charge in [-0.25, -0.2) is 0 Å². The zero-order chi connectivity index (χ0) is 24.3. The van der Waals surface area contributed by atoms with Crippen molar-refractivity contribution in [3.63, 3.8) is 0 Å². The molecule has 13 nitrogen and oxygen atoms in total. The topological polar surface area (TPSA) is 220 Å². The molecular formula is C20H41N5O8. The minimum atomic E-state index is -1.28. The fraction of sp³-hybridized carbons (Fsp3) is 1.00. The van der Waals surface area contributed by atoms with E-state index in [1.54, 1.807) is 7.05 Å². The molecule has 0 spiro atoms. The summed E-state index contributed by atoms with van der Waals surface area (Å²) in [5, 5.41) is 47.4. The van der Waals surface area contributed by atoms with Gasteiger partial charge in [0.25, 0.3) is 0 Å². The normalized spacial score (nSPS) is 49.2. The SMILES string of the molecule is CNCC1CCC(N)C(OC2C(N)CC(N)C(OC3OC(CO)C(O)C(NC)C3O)C2O)O1. The molecule has 0 amide bonds. The second-order valence-corrected chi connectivity index (χ2v) is 9.20. The van der Waals surface area contributed by atoms with E-state index in [2.05, 4.69) is 10.6 Å². The minimum Gasteiger partial charge on any atom is -0.394 e. The molecule has 13 heteroatoms. The Balaban J connectivity index is 1.70. The molecule has 194 valence electrons. The van der Waals surface area contributed by atoms with Crippen LogP contribution in [0.4, 0.5) is 0 Å². The van der Waals surface area contributed by atoms with Crippen LogP contribution < -0.4 is 27.8 Å². The third-order valence-corrected chi connectivity index (χ3v) is 6.79. The Morgan fingerprint density at radius 1 is 0.848 bits per heavy atom. The summed E-state index contributed by atoms with van der Waals surface area (Å²) in [6.45, 7) is 0.163. The Morgan fingerprint density at radius 2 is 1.48 bits per heavy atom. The summed E-state index contributed by atoms with van der Waals surface area (Å²) in [6.07, 6.45) is -6.85. The van der Waals surface area contributed by atoms with Gasteiger partial charge in [0.05, 0.1) is 24.8 Å². The maximum atomic E-state index is 11.1. The molecule has 3 aliphatic rings. The van der Waals surface area contributed by atoms with Crippen molar-refractivity contribution in [2.75, 3.05) is 27.2 Å². The van der Waals surface area contributed by atoms with E-state index in [0.29, 0.717) is 13.0 Å². The zero-order valence-electron chi connectivity index (χ0n) is 19.2. The third-order valence-electron chi connectivity index (χ3n) is 6.79. The summed E-state index contributed by atoms with van der Waals surface area (Å²) in [5.41, 5.74) is 18.7. The number of rotatable bonds is 8. The molecule has 0 radical (unpaired) electrons. The predicted molar refractivity (Wildman–Crippen MR) is 117 cm³/mol. The van der Waals surface area contributed by atoms with E-state index in [-0.39, 0.29) is 18.6 Å². The molecule has 13 unspecified atom stereocenters. The van der Waals surface area contributed by atoms with Crippen molar-refractivity contribution >= 4 is 0 Å². The highest BCUT2D eigenvalue weighted by Gasteiger charge is 2.50. The molecule has 0 aromatic rings. The Labute approximate surface area is 193 Å². The Bertz CT molecular complexity index is 609. The van der Waals surface area contributed by atoms with Crippen LogP contribution in [-0.2, 0) is 18.9 Å². The Kier molecular flexibility index (Phi) is 9.80. The zero-order valence-corrected chi connectivity index (χ0v) is 19.2. The average molecular weight is 480 g/mol. The van der Waals surface area contributed by atoms with Crippen LogP contribution in [0.1, 0.15) is 19.3 Å². The summed E-state index contributed by atoms with van der Waals surface area (Å²) in [5.74, 6) is 0. The first-order chi connectivity index (χ1) is 15.7. The molecule has 0 aromatic carbocycles. The molecule has 0 aromatic heterocycles. The Morgan fingerprint density at radius 3 is 2.06 bits per heavy atom. The standard InChI is InChI=1S/C20H41N5O8/c1-24-6-8-3-4-9(21)19(30-8)32-17-10(22)5-11(23)18(16(17)29)33-20-15(28)13(25-2)14(27)12(7-26)31-20/h8-20,24-29H,3-7,21-23H2,1-2H3. The van der Waals surface area contributed by atoms with Crippen molar-refractivity contribution in [1.29, 1.82) is 0 Å². The lowest BCUT2D eigenvalue weighted by molar-refractivity contribution is -0.314. The highest BCUT2D eigenvalue weighted by molar-refractivity contribution is 5.01. The van der Waals surface area contributed by atoms with Gasteiger partial charge in [0.15, 0.2) is 12.6 Å². The van der Waals surface area contributed by atoms with Crippen LogP contribution >= 0.6 is 0 Å². The monoisotopic (exact) mass is 479 g/mol. The maximum Gasteiger partial charge on any atom is 0.186 e. The summed E-state index contributed by atoms with van der Waals surface area (Å²) in [6, 6.07) is -2.45. The van der Waals surface area contributed by atoms with Crippen LogP contribution in [0.15, 0.2) is 0 Å². The van der Waals surface area contributed by atoms with E-state index < -0.39 is 73.9 Å². The van der Waals surface area contributed by atoms with Crippen LogP contribution in [-0.4, -0.2) is 127 Å². The van der Waals surface area contributed by atoms with Crippen molar-refractivity contribution in [2.45, 2.75) is 98.7 Å². The number of nitrogens with two attached hydrogens (primary N) is 3.